The van der Waals surface area contributed by atoms with E-state index >= 15 is 0 Å². The van der Waals surface area contributed by atoms with Gasteiger partial charge >= 0.3 is 0 Å². The summed E-state index contributed by atoms with van der Waals surface area (Å²) >= 11 is 0. The maximum atomic E-state index is 13.5. The van der Waals surface area contributed by atoms with E-state index in [1.54, 1.807) is 0 Å². The van der Waals surface area contributed by atoms with Gasteiger partial charge in [-0.05, 0) is 102 Å². The van der Waals surface area contributed by atoms with Crippen LogP contribution in [0.1, 0.15) is 16.7 Å². The van der Waals surface area contributed by atoms with E-state index in [4.69, 9.17) is 0 Å². The smallest absolute Gasteiger partial charge is 0.142 e. The Morgan fingerprint density at radius 1 is 0.373 bits per heavy atom. The number of anilines is 6. The quantitative estimate of drug-likeness (QED) is 0.148. The van der Waals surface area contributed by atoms with Gasteiger partial charge in [-0.25, -0.2) is 0 Å². The van der Waals surface area contributed by atoms with Crippen LogP contribution < -0.4 is 9.80 Å². The number of nitrogens with zero attached hydrogens (tertiary/aromatic N) is 2. The van der Waals surface area contributed by atoms with Crippen LogP contribution in [0.4, 0.5) is 34.1 Å². The zero-order valence-electron chi connectivity index (χ0n) is 32.4. The molecule has 59 heavy (non-hydrogen) atoms. The van der Waals surface area contributed by atoms with Gasteiger partial charge in [0.25, 0.3) is 0 Å². The van der Waals surface area contributed by atoms with Crippen LogP contribution in [0.3, 0.4) is 0 Å². The molecule has 284 valence electrons. The molecule has 1 heterocycles. The van der Waals surface area contributed by atoms with Crippen molar-refractivity contribution in [3.05, 3.63) is 265 Å². The summed E-state index contributed by atoms with van der Waals surface area (Å²) in [5.41, 5.74) is 7.03. The number of hydrogen-bond donors (Lipinski definition) is 1. The molecule has 0 saturated carbocycles. The van der Waals surface area contributed by atoms with Gasteiger partial charge in [0.2, 0.25) is 0 Å². The summed E-state index contributed by atoms with van der Waals surface area (Å²) in [7, 11) is -1.86. The van der Waals surface area contributed by atoms with Gasteiger partial charge in [-0.2, -0.15) is 0 Å². The fraction of sp³-hybridized carbons (Fsp3) is 0.0182. The van der Waals surface area contributed by atoms with Crippen molar-refractivity contribution in [2.45, 2.75) is 25.2 Å². The van der Waals surface area contributed by atoms with Crippen molar-refractivity contribution in [1.29, 1.82) is 0 Å². The second-order valence-electron chi connectivity index (χ2n) is 14.7. The number of aliphatic hydroxyl groups is 1. The Balaban J connectivity index is 1.15. The van der Waals surface area contributed by atoms with Crippen molar-refractivity contribution in [2.24, 2.45) is 0 Å². The van der Waals surface area contributed by atoms with Gasteiger partial charge in [-0.15, -0.1) is 10.0 Å². The standard InChI is InChI=1S/C55H42N2OS/c58-55(42-22-6-1-7-23-42,49-32-16-17-33-50(49)56(44-24-8-2-9-25-44)45-26-10-3-11-27-45)43-38-40-46(41-39-43)57-51-34-18-20-36-53(51)59(47-28-12-4-13-29-47,48-30-14-5-15-31-48)54-37-21-19-35-52(54)57/h1-41,58H. The molecule has 1 atom stereocenters. The fourth-order valence-corrected chi connectivity index (χ4v) is 13.0. The molecule has 0 fully saturated rings. The molecule has 1 aliphatic heterocycles. The third-order valence-electron chi connectivity index (χ3n) is 11.4. The van der Waals surface area contributed by atoms with Crippen molar-refractivity contribution < 1.29 is 5.11 Å². The number of para-hydroxylation sites is 5. The minimum Gasteiger partial charge on any atom is -0.376 e. The summed E-state index contributed by atoms with van der Waals surface area (Å²) in [6.07, 6.45) is 0. The minimum atomic E-state index is -1.86. The Kier molecular flexibility index (Phi) is 9.42. The molecule has 0 bridgehead atoms. The molecule has 0 saturated heterocycles. The third-order valence-corrected chi connectivity index (χ3v) is 15.3. The van der Waals surface area contributed by atoms with Crippen LogP contribution in [0.5, 0.6) is 0 Å². The SMILES string of the molecule is OC(c1ccccc1)(c1ccc(N2c3ccccc3S(c3ccccc3)(c3ccccc3)c3ccccc32)cc1)c1ccccc1N(c1ccccc1)c1ccccc1. The summed E-state index contributed by atoms with van der Waals surface area (Å²) in [5.74, 6) is 0. The molecule has 1 N–H and O–H groups in total. The van der Waals surface area contributed by atoms with E-state index < -0.39 is 15.6 Å². The molecule has 0 radical (unpaired) electrons. The van der Waals surface area contributed by atoms with Crippen LogP contribution >= 0.6 is 10.0 Å². The highest BCUT2D eigenvalue weighted by atomic mass is 32.3. The molecule has 0 spiro atoms. The topological polar surface area (TPSA) is 26.7 Å². The van der Waals surface area contributed by atoms with Crippen LogP contribution in [0.2, 0.25) is 0 Å². The number of rotatable bonds is 9. The molecule has 3 nitrogen and oxygen atoms in total. The van der Waals surface area contributed by atoms with Gasteiger partial charge in [0.1, 0.15) is 5.60 Å². The first-order valence-electron chi connectivity index (χ1n) is 20.0. The Labute approximate surface area is 348 Å². The molecular formula is C55H42N2OS. The Morgan fingerprint density at radius 3 is 1.27 bits per heavy atom. The summed E-state index contributed by atoms with van der Waals surface area (Å²) in [6, 6.07) is 87.3. The first-order chi connectivity index (χ1) is 29.2. The highest BCUT2D eigenvalue weighted by Gasteiger charge is 2.43. The van der Waals surface area contributed by atoms with Crippen LogP contribution in [-0.4, -0.2) is 5.11 Å². The molecule has 0 aromatic heterocycles. The molecular weight excluding hydrogens is 737 g/mol. The van der Waals surface area contributed by atoms with Gasteiger partial charge in [0, 0.05) is 42.2 Å². The zero-order valence-corrected chi connectivity index (χ0v) is 33.2. The second-order valence-corrected chi connectivity index (χ2v) is 17.7. The first-order valence-corrected chi connectivity index (χ1v) is 21.6. The fourth-order valence-electron chi connectivity index (χ4n) is 8.79. The molecule has 10 rings (SSSR count). The summed E-state index contributed by atoms with van der Waals surface area (Å²) in [4.78, 5) is 9.80. The van der Waals surface area contributed by atoms with Crippen LogP contribution in [-0.2, 0) is 5.60 Å². The van der Waals surface area contributed by atoms with E-state index in [0.717, 1.165) is 50.8 Å². The highest BCUT2D eigenvalue weighted by Crippen LogP contribution is 2.79. The average Bonchev–Trinajstić information content (AvgIpc) is 3.32. The Bertz CT molecular complexity index is 2710. The molecule has 1 aliphatic rings. The monoisotopic (exact) mass is 778 g/mol. The van der Waals surface area contributed by atoms with Gasteiger partial charge in [-0.1, -0.05) is 158 Å². The number of hydrogen-bond acceptors (Lipinski definition) is 3. The van der Waals surface area contributed by atoms with Crippen LogP contribution in [0.15, 0.2) is 268 Å². The normalized spacial score (nSPS) is 14.3. The number of fused-ring (bicyclic) bond motifs is 2. The lowest BCUT2D eigenvalue weighted by molar-refractivity contribution is 0.126. The van der Waals surface area contributed by atoms with E-state index in [1.165, 1.54) is 19.6 Å². The summed E-state index contributed by atoms with van der Waals surface area (Å²) in [5, 5.41) is 13.5. The van der Waals surface area contributed by atoms with Gasteiger partial charge < -0.3 is 14.9 Å². The lowest BCUT2D eigenvalue weighted by atomic mass is 9.79. The van der Waals surface area contributed by atoms with E-state index in [9.17, 15) is 5.11 Å². The molecule has 0 aliphatic carbocycles. The predicted molar refractivity (Wildman–Crippen MR) is 244 cm³/mol. The van der Waals surface area contributed by atoms with Crippen molar-refractivity contribution in [3.63, 3.8) is 0 Å². The molecule has 1 unspecified atom stereocenters. The largest absolute Gasteiger partial charge is 0.376 e. The van der Waals surface area contributed by atoms with Crippen LogP contribution in [0.25, 0.3) is 0 Å². The van der Waals surface area contributed by atoms with E-state index in [1.807, 2.05) is 54.6 Å². The van der Waals surface area contributed by atoms with E-state index in [0.29, 0.717) is 0 Å². The number of benzene rings is 9. The Morgan fingerprint density at radius 2 is 0.763 bits per heavy atom. The lowest BCUT2D eigenvalue weighted by Gasteiger charge is -2.49. The second kappa shape index (κ2) is 15.3. The van der Waals surface area contributed by atoms with E-state index in [2.05, 4.69) is 204 Å². The highest BCUT2D eigenvalue weighted by molar-refractivity contribution is 8.34. The predicted octanol–water partition coefficient (Wildman–Crippen LogP) is 14.6. The maximum Gasteiger partial charge on any atom is 0.142 e. The van der Waals surface area contributed by atoms with Crippen molar-refractivity contribution >= 4 is 44.2 Å². The molecule has 9 aromatic carbocycles. The summed E-state index contributed by atoms with van der Waals surface area (Å²) in [6.45, 7) is 0. The molecule has 0 amide bonds. The molecule has 9 aromatic rings. The van der Waals surface area contributed by atoms with Crippen molar-refractivity contribution in [1.82, 2.24) is 0 Å². The maximum absolute atomic E-state index is 13.5. The van der Waals surface area contributed by atoms with Crippen molar-refractivity contribution in [3.8, 4) is 0 Å². The Hall–Kier alpha value is -7.11. The van der Waals surface area contributed by atoms with Gasteiger partial charge in [0.05, 0.1) is 17.1 Å². The van der Waals surface area contributed by atoms with Crippen LogP contribution in [0, 0.1) is 0 Å². The minimum absolute atomic E-state index is 0.771. The summed E-state index contributed by atoms with van der Waals surface area (Å²) < 4.78 is 0. The van der Waals surface area contributed by atoms with E-state index in [-0.39, 0.29) is 0 Å². The first kappa shape index (κ1) is 36.2. The average molecular weight is 779 g/mol. The van der Waals surface area contributed by atoms with Gasteiger partial charge in [-0.3, -0.25) is 0 Å². The third kappa shape index (κ3) is 6.04. The van der Waals surface area contributed by atoms with Gasteiger partial charge in [0.15, 0.2) is 0 Å². The lowest BCUT2D eigenvalue weighted by Crippen LogP contribution is -2.31. The van der Waals surface area contributed by atoms with Crippen molar-refractivity contribution in [2.75, 3.05) is 9.80 Å². The molecule has 4 heteroatoms. The zero-order chi connectivity index (χ0) is 39.7.